The molecule has 0 aliphatic carbocycles. The van der Waals surface area contributed by atoms with Crippen molar-refractivity contribution in [1.29, 1.82) is 0 Å². The lowest BCUT2D eigenvalue weighted by atomic mass is 10.0. The standard InChI is InChI=1S/C6H16OP4/c1-5-2-3-7-4-6(5)11(9)10-8/h5-6,10H,2-4,8-9H2,1H3/t5-,6-,11?/m0/s1. The van der Waals surface area contributed by atoms with Gasteiger partial charge in [0.25, 0.3) is 0 Å². The van der Waals surface area contributed by atoms with Crippen molar-refractivity contribution in [3.8, 4) is 0 Å². The molecule has 0 spiro atoms. The van der Waals surface area contributed by atoms with Crippen LogP contribution in [0.2, 0.25) is 0 Å². The van der Waals surface area contributed by atoms with Crippen molar-refractivity contribution in [2.24, 2.45) is 5.92 Å². The Morgan fingerprint density at radius 3 is 2.91 bits per heavy atom. The van der Waals surface area contributed by atoms with Gasteiger partial charge in [-0.15, -0.1) is 17.9 Å². The fourth-order valence-electron chi connectivity index (χ4n) is 1.28. The van der Waals surface area contributed by atoms with Crippen LogP contribution in [0.3, 0.4) is 0 Å². The van der Waals surface area contributed by atoms with Crippen molar-refractivity contribution in [1.82, 2.24) is 0 Å². The second-order valence-corrected chi connectivity index (χ2v) is 12.5. The molecule has 66 valence electrons. The van der Waals surface area contributed by atoms with E-state index in [0.717, 1.165) is 32.7 Å². The van der Waals surface area contributed by atoms with E-state index in [9.17, 15) is 0 Å². The van der Waals surface area contributed by atoms with Gasteiger partial charge in [-0.3, -0.25) is 0 Å². The van der Waals surface area contributed by atoms with E-state index in [2.05, 4.69) is 24.8 Å². The summed E-state index contributed by atoms with van der Waals surface area (Å²) in [5, 5.41) is 0. The van der Waals surface area contributed by atoms with Crippen molar-refractivity contribution >= 4 is 33.1 Å². The molecular formula is C6H16OP4. The van der Waals surface area contributed by atoms with Crippen LogP contribution in [0.4, 0.5) is 0 Å². The second-order valence-electron chi connectivity index (χ2n) is 2.94. The maximum atomic E-state index is 5.47. The zero-order valence-electron chi connectivity index (χ0n) is 6.79. The van der Waals surface area contributed by atoms with Crippen molar-refractivity contribution in [3.63, 3.8) is 0 Å². The third-order valence-electron chi connectivity index (χ3n) is 2.17. The molecule has 1 aliphatic heterocycles. The van der Waals surface area contributed by atoms with E-state index < -0.39 is 0 Å². The Balaban J connectivity index is 2.40. The SMILES string of the molecule is C[C@H]1CCOC[C@@H]1P(P)PP. The van der Waals surface area contributed by atoms with Crippen LogP contribution in [0.15, 0.2) is 0 Å². The molecule has 1 saturated heterocycles. The average molecular weight is 228 g/mol. The maximum Gasteiger partial charge on any atom is 0.0542 e. The third-order valence-corrected chi connectivity index (χ3v) is 13.6. The second kappa shape index (κ2) is 5.42. The first-order valence-electron chi connectivity index (χ1n) is 3.83. The van der Waals surface area contributed by atoms with E-state index in [0.29, 0.717) is 0 Å². The summed E-state index contributed by atoms with van der Waals surface area (Å²) in [6.07, 6.45) is 1.26. The van der Waals surface area contributed by atoms with Crippen LogP contribution < -0.4 is 0 Å². The largest absolute Gasteiger partial charge is 0.381 e. The van der Waals surface area contributed by atoms with Gasteiger partial charge in [-0.05, 0) is 12.3 Å². The van der Waals surface area contributed by atoms with Gasteiger partial charge in [0.15, 0.2) is 0 Å². The topological polar surface area (TPSA) is 9.23 Å². The minimum absolute atomic E-state index is 0.147. The summed E-state index contributed by atoms with van der Waals surface area (Å²) in [5.41, 5.74) is 0.833. The average Bonchev–Trinajstić information content (AvgIpc) is 2.04. The molecule has 0 radical (unpaired) electrons. The zero-order valence-corrected chi connectivity index (χ0v) is 11.0. The van der Waals surface area contributed by atoms with Crippen LogP contribution in [0, 0.1) is 5.92 Å². The Hall–Kier alpha value is 1.68. The fourth-order valence-corrected chi connectivity index (χ4v) is 6.86. The van der Waals surface area contributed by atoms with Crippen molar-refractivity contribution in [3.05, 3.63) is 0 Å². The van der Waals surface area contributed by atoms with Crippen molar-refractivity contribution < 1.29 is 4.74 Å². The smallest absolute Gasteiger partial charge is 0.0542 e. The molecule has 1 rings (SSSR count). The molecule has 0 aromatic carbocycles. The molecule has 5 heteroatoms. The molecule has 1 nitrogen and oxygen atoms in total. The van der Waals surface area contributed by atoms with Crippen molar-refractivity contribution in [2.75, 3.05) is 13.2 Å². The van der Waals surface area contributed by atoms with E-state index in [-0.39, 0.29) is 7.30 Å². The lowest BCUT2D eigenvalue weighted by molar-refractivity contribution is 0.0764. The van der Waals surface area contributed by atoms with E-state index in [4.69, 9.17) is 4.74 Å². The molecule has 11 heavy (non-hydrogen) atoms. The van der Waals surface area contributed by atoms with Crippen LogP contribution in [0.5, 0.6) is 0 Å². The Morgan fingerprint density at radius 2 is 2.36 bits per heavy atom. The fraction of sp³-hybridized carbons (Fsp3) is 1.00. The van der Waals surface area contributed by atoms with E-state index in [1.807, 2.05) is 0 Å². The van der Waals surface area contributed by atoms with E-state index in [1.54, 1.807) is 0 Å². The van der Waals surface area contributed by atoms with Crippen molar-refractivity contribution in [2.45, 2.75) is 19.0 Å². The normalized spacial score (nSPS) is 36.3. The first-order chi connectivity index (χ1) is 5.25. The first-order valence-corrected chi connectivity index (χ1v) is 10.5. The Morgan fingerprint density at radius 1 is 1.64 bits per heavy atom. The van der Waals surface area contributed by atoms with Crippen LogP contribution in [-0.4, -0.2) is 18.9 Å². The quantitative estimate of drug-likeness (QED) is 0.660. The van der Waals surface area contributed by atoms with Gasteiger partial charge in [-0.2, -0.15) is 0 Å². The summed E-state index contributed by atoms with van der Waals surface area (Å²) in [7, 11) is 7.02. The Labute approximate surface area is 76.4 Å². The molecule has 0 bridgehead atoms. The molecule has 4 unspecified atom stereocenters. The minimum Gasteiger partial charge on any atom is -0.381 e. The predicted octanol–water partition coefficient (Wildman–Crippen LogP) is 3.07. The summed E-state index contributed by atoms with van der Waals surface area (Å²) in [6, 6.07) is 0. The van der Waals surface area contributed by atoms with E-state index >= 15 is 0 Å². The maximum absolute atomic E-state index is 5.47. The lowest BCUT2D eigenvalue weighted by Gasteiger charge is -2.32. The van der Waals surface area contributed by atoms with E-state index in [1.165, 1.54) is 6.42 Å². The van der Waals surface area contributed by atoms with Crippen LogP contribution in [0.1, 0.15) is 13.3 Å². The number of hydrogen-bond acceptors (Lipinski definition) is 1. The van der Waals surface area contributed by atoms with Gasteiger partial charge in [-0.1, -0.05) is 22.2 Å². The first kappa shape index (κ1) is 10.8. The Bertz CT molecular complexity index is 117. The van der Waals surface area contributed by atoms with Gasteiger partial charge >= 0.3 is 0 Å². The molecule has 1 fully saturated rings. The van der Waals surface area contributed by atoms with Gasteiger partial charge in [0, 0.05) is 12.3 Å². The van der Waals surface area contributed by atoms with Gasteiger partial charge in [0.2, 0.25) is 0 Å². The molecule has 0 N–H and O–H groups in total. The lowest BCUT2D eigenvalue weighted by Crippen LogP contribution is -2.27. The van der Waals surface area contributed by atoms with Crippen LogP contribution in [-0.2, 0) is 4.74 Å². The summed E-state index contributed by atoms with van der Waals surface area (Å²) in [5.74, 6) is 0.875. The molecule has 0 saturated carbocycles. The number of rotatable bonds is 2. The summed E-state index contributed by atoms with van der Waals surface area (Å²) in [4.78, 5) is 0. The third kappa shape index (κ3) is 3.14. The zero-order chi connectivity index (χ0) is 8.27. The number of ether oxygens (including phenoxy) is 1. The predicted molar refractivity (Wildman–Crippen MR) is 63.0 cm³/mol. The number of hydrogen-bond donors (Lipinski definition) is 0. The Kier molecular flexibility index (Phi) is 5.30. The summed E-state index contributed by atoms with van der Waals surface area (Å²) >= 11 is 0. The molecule has 0 amide bonds. The summed E-state index contributed by atoms with van der Waals surface area (Å²) < 4.78 is 5.47. The van der Waals surface area contributed by atoms with Crippen LogP contribution in [0.25, 0.3) is 0 Å². The van der Waals surface area contributed by atoms with Crippen LogP contribution >= 0.6 is 33.1 Å². The molecule has 1 aliphatic rings. The van der Waals surface area contributed by atoms with Gasteiger partial charge in [0.1, 0.15) is 0 Å². The molecule has 0 aromatic rings. The highest BCUT2D eigenvalue weighted by Crippen LogP contribution is 2.70. The minimum atomic E-state index is 0.147. The highest BCUT2D eigenvalue weighted by atomic mass is 32.6. The monoisotopic (exact) mass is 228 g/mol. The summed E-state index contributed by atoms with van der Waals surface area (Å²) in [6.45, 7) is 4.33. The molecule has 0 aromatic heterocycles. The van der Waals surface area contributed by atoms with Gasteiger partial charge in [-0.25, -0.2) is 0 Å². The molecule has 1 heterocycles. The molecule has 6 atom stereocenters. The van der Waals surface area contributed by atoms with Gasteiger partial charge < -0.3 is 4.74 Å². The highest BCUT2D eigenvalue weighted by molar-refractivity contribution is 8.61. The molecular weight excluding hydrogens is 212 g/mol. The highest BCUT2D eigenvalue weighted by Gasteiger charge is 2.25. The van der Waals surface area contributed by atoms with Gasteiger partial charge in [0.05, 0.1) is 6.61 Å².